The van der Waals surface area contributed by atoms with Gasteiger partial charge in [0, 0.05) is 31.0 Å². The average molecular weight is 389 g/mol. The van der Waals surface area contributed by atoms with Gasteiger partial charge in [-0.25, -0.2) is 9.48 Å². The molecule has 0 saturated carbocycles. The van der Waals surface area contributed by atoms with Gasteiger partial charge in [-0.2, -0.15) is 5.10 Å². The lowest BCUT2D eigenvalue weighted by Gasteiger charge is -2.11. The maximum atomic E-state index is 12.9. The van der Waals surface area contributed by atoms with Crippen LogP contribution in [0.3, 0.4) is 0 Å². The van der Waals surface area contributed by atoms with E-state index in [4.69, 9.17) is 0 Å². The summed E-state index contributed by atoms with van der Waals surface area (Å²) < 4.78 is 5.00. The molecule has 0 aliphatic heterocycles. The van der Waals surface area contributed by atoms with E-state index in [-0.39, 0.29) is 11.6 Å². The molecule has 0 saturated heterocycles. The first kappa shape index (κ1) is 18.7. The standard InChI is InChI=1S/C22H23N5O2/c1-13-9-19-20(26(5)22(29)25(19)4)12-18(13)23-21(28)16-7-6-8-17(11-16)27-15(3)10-14(2)24-27/h6-12H,1-5H3,(H,23,28). The number of amides is 1. The van der Waals surface area contributed by atoms with Gasteiger partial charge in [0.2, 0.25) is 0 Å². The van der Waals surface area contributed by atoms with Crippen LogP contribution in [0.5, 0.6) is 0 Å². The minimum absolute atomic E-state index is 0.0968. The number of aromatic nitrogens is 4. The highest BCUT2D eigenvalue weighted by Gasteiger charge is 2.14. The first-order valence-electron chi connectivity index (χ1n) is 9.37. The van der Waals surface area contributed by atoms with E-state index in [1.54, 1.807) is 29.3 Å². The number of nitrogens with zero attached hydrogens (tertiary/aromatic N) is 4. The van der Waals surface area contributed by atoms with Crippen molar-refractivity contribution in [3.63, 3.8) is 0 Å². The second-order valence-corrected chi connectivity index (χ2v) is 7.40. The van der Waals surface area contributed by atoms with Crippen molar-refractivity contribution >= 4 is 22.6 Å². The SMILES string of the molecule is Cc1cc(C)n(-c2cccc(C(=O)Nc3cc4c(cc3C)n(C)c(=O)n4C)c2)n1. The molecule has 0 fully saturated rings. The second-order valence-electron chi connectivity index (χ2n) is 7.40. The Bertz CT molecular complexity index is 1320. The van der Waals surface area contributed by atoms with Crippen LogP contribution in [0.25, 0.3) is 16.7 Å². The highest BCUT2D eigenvalue weighted by Crippen LogP contribution is 2.23. The number of imidazole rings is 1. The largest absolute Gasteiger partial charge is 0.328 e. The van der Waals surface area contributed by atoms with E-state index in [0.717, 1.165) is 33.7 Å². The van der Waals surface area contributed by atoms with E-state index >= 15 is 0 Å². The zero-order valence-electron chi connectivity index (χ0n) is 17.1. The van der Waals surface area contributed by atoms with E-state index in [1.807, 2.05) is 61.9 Å². The lowest BCUT2D eigenvalue weighted by atomic mass is 10.1. The Morgan fingerprint density at radius 3 is 2.31 bits per heavy atom. The van der Waals surface area contributed by atoms with Crippen molar-refractivity contribution in [3.05, 3.63) is 75.5 Å². The molecule has 7 heteroatoms. The van der Waals surface area contributed by atoms with E-state index in [9.17, 15) is 9.59 Å². The predicted octanol–water partition coefficient (Wildman–Crippen LogP) is 3.24. The van der Waals surface area contributed by atoms with Gasteiger partial charge in [-0.1, -0.05) is 6.07 Å². The number of nitrogens with one attached hydrogen (secondary N) is 1. The van der Waals surface area contributed by atoms with Crippen LogP contribution >= 0.6 is 0 Å². The molecule has 0 radical (unpaired) electrons. The first-order chi connectivity index (χ1) is 13.8. The van der Waals surface area contributed by atoms with E-state index in [0.29, 0.717) is 11.3 Å². The van der Waals surface area contributed by atoms with Crippen LogP contribution in [0.4, 0.5) is 5.69 Å². The van der Waals surface area contributed by atoms with Crippen LogP contribution in [0.15, 0.2) is 47.3 Å². The van der Waals surface area contributed by atoms with Crippen LogP contribution in [0, 0.1) is 20.8 Å². The van der Waals surface area contributed by atoms with Gasteiger partial charge in [0.25, 0.3) is 5.91 Å². The second kappa shape index (κ2) is 6.77. The quantitative estimate of drug-likeness (QED) is 0.585. The van der Waals surface area contributed by atoms with E-state index in [2.05, 4.69) is 10.4 Å². The summed E-state index contributed by atoms with van der Waals surface area (Å²) in [5.74, 6) is -0.211. The summed E-state index contributed by atoms with van der Waals surface area (Å²) in [7, 11) is 3.47. The summed E-state index contributed by atoms with van der Waals surface area (Å²) >= 11 is 0. The monoisotopic (exact) mass is 389 g/mol. The van der Waals surface area contributed by atoms with Crippen molar-refractivity contribution in [1.29, 1.82) is 0 Å². The molecule has 1 amide bonds. The molecule has 2 aromatic heterocycles. The fraction of sp³-hybridized carbons (Fsp3) is 0.227. The van der Waals surface area contributed by atoms with Crippen molar-refractivity contribution in [2.24, 2.45) is 14.1 Å². The minimum Gasteiger partial charge on any atom is -0.322 e. The molecule has 0 aliphatic carbocycles. The van der Waals surface area contributed by atoms with Gasteiger partial charge in [-0.15, -0.1) is 0 Å². The summed E-state index contributed by atoms with van der Waals surface area (Å²) in [6, 6.07) is 13.1. The van der Waals surface area contributed by atoms with Crippen molar-refractivity contribution < 1.29 is 4.79 Å². The third-order valence-corrected chi connectivity index (χ3v) is 5.23. The number of fused-ring (bicyclic) bond motifs is 1. The molecule has 0 spiro atoms. The molecule has 0 aliphatic rings. The molecule has 2 aromatic carbocycles. The Morgan fingerprint density at radius 1 is 0.966 bits per heavy atom. The first-order valence-corrected chi connectivity index (χ1v) is 9.37. The fourth-order valence-corrected chi connectivity index (χ4v) is 3.65. The average Bonchev–Trinajstić information content (AvgIpc) is 3.14. The maximum Gasteiger partial charge on any atom is 0.328 e. The van der Waals surface area contributed by atoms with Crippen molar-refractivity contribution in [1.82, 2.24) is 18.9 Å². The van der Waals surface area contributed by atoms with Gasteiger partial charge in [0.1, 0.15) is 0 Å². The van der Waals surface area contributed by atoms with Crippen LogP contribution in [-0.4, -0.2) is 24.8 Å². The highest BCUT2D eigenvalue weighted by molar-refractivity contribution is 6.05. The molecule has 0 unspecified atom stereocenters. The molecule has 148 valence electrons. The van der Waals surface area contributed by atoms with Crippen molar-refractivity contribution in [2.45, 2.75) is 20.8 Å². The molecular formula is C22H23N5O2. The molecule has 4 rings (SSSR count). The van der Waals surface area contributed by atoms with E-state index in [1.165, 1.54) is 0 Å². The number of aryl methyl sites for hydroxylation is 5. The third kappa shape index (κ3) is 3.14. The molecule has 2 heterocycles. The molecular weight excluding hydrogens is 366 g/mol. The topological polar surface area (TPSA) is 73.8 Å². The Morgan fingerprint density at radius 2 is 1.66 bits per heavy atom. The zero-order valence-corrected chi connectivity index (χ0v) is 17.1. The normalized spacial score (nSPS) is 11.2. The number of carbonyl (C=O) groups excluding carboxylic acids is 1. The lowest BCUT2D eigenvalue weighted by Crippen LogP contribution is -2.19. The van der Waals surface area contributed by atoms with Gasteiger partial charge < -0.3 is 5.32 Å². The molecule has 0 bridgehead atoms. The Labute approximate surface area is 168 Å². The predicted molar refractivity (Wildman–Crippen MR) is 114 cm³/mol. The zero-order chi connectivity index (χ0) is 20.9. The number of carbonyl (C=O) groups is 1. The van der Waals surface area contributed by atoms with Crippen LogP contribution in [-0.2, 0) is 14.1 Å². The lowest BCUT2D eigenvalue weighted by molar-refractivity contribution is 0.102. The Balaban J connectivity index is 1.69. The van der Waals surface area contributed by atoms with Crippen LogP contribution in [0.2, 0.25) is 0 Å². The Kier molecular flexibility index (Phi) is 4.38. The summed E-state index contributed by atoms with van der Waals surface area (Å²) in [5.41, 5.74) is 6.38. The smallest absolute Gasteiger partial charge is 0.322 e. The number of hydrogen-bond donors (Lipinski definition) is 1. The maximum absolute atomic E-state index is 12.9. The van der Waals surface area contributed by atoms with Gasteiger partial charge in [-0.3, -0.25) is 13.9 Å². The summed E-state index contributed by atoms with van der Waals surface area (Å²) in [4.78, 5) is 25.1. The number of anilines is 1. The number of benzene rings is 2. The highest BCUT2D eigenvalue weighted by atomic mass is 16.2. The van der Waals surface area contributed by atoms with Gasteiger partial charge >= 0.3 is 5.69 Å². The molecule has 7 nitrogen and oxygen atoms in total. The summed E-state index contributed by atoms with van der Waals surface area (Å²) in [6.07, 6.45) is 0. The summed E-state index contributed by atoms with van der Waals surface area (Å²) in [6.45, 7) is 5.84. The van der Waals surface area contributed by atoms with Gasteiger partial charge in [-0.05, 0) is 62.7 Å². The van der Waals surface area contributed by atoms with Gasteiger partial charge in [0.05, 0.1) is 22.4 Å². The van der Waals surface area contributed by atoms with E-state index < -0.39 is 0 Å². The number of hydrogen-bond acceptors (Lipinski definition) is 3. The third-order valence-electron chi connectivity index (χ3n) is 5.23. The minimum atomic E-state index is -0.211. The molecule has 29 heavy (non-hydrogen) atoms. The fourth-order valence-electron chi connectivity index (χ4n) is 3.65. The molecule has 0 atom stereocenters. The van der Waals surface area contributed by atoms with Crippen molar-refractivity contribution in [2.75, 3.05) is 5.32 Å². The van der Waals surface area contributed by atoms with Crippen molar-refractivity contribution in [3.8, 4) is 5.69 Å². The summed E-state index contributed by atoms with van der Waals surface area (Å²) in [5, 5.41) is 7.46. The molecule has 4 aromatic rings. The Hall–Kier alpha value is -3.61. The van der Waals surface area contributed by atoms with Gasteiger partial charge in [0.15, 0.2) is 0 Å². The van der Waals surface area contributed by atoms with Crippen LogP contribution < -0.4 is 11.0 Å². The number of rotatable bonds is 3. The van der Waals surface area contributed by atoms with Crippen LogP contribution in [0.1, 0.15) is 27.3 Å². The molecule has 1 N–H and O–H groups in total.